The van der Waals surface area contributed by atoms with E-state index in [0.717, 1.165) is 4.73 Å². The van der Waals surface area contributed by atoms with Crippen LogP contribution in [0.2, 0.25) is 5.02 Å². The molecule has 2 bridgehead atoms. The lowest BCUT2D eigenvalue weighted by Gasteiger charge is -2.21. The monoisotopic (exact) mass is 625 g/mol. The quantitative estimate of drug-likeness (QED) is 0.171. The highest BCUT2D eigenvalue weighted by molar-refractivity contribution is 6.31. The molecule has 6 rings (SSSR count). The van der Waals surface area contributed by atoms with Gasteiger partial charge in [0.05, 0.1) is 17.3 Å². The molecule has 1 aliphatic heterocycles. The molecule has 3 heterocycles. The van der Waals surface area contributed by atoms with Gasteiger partial charge in [0, 0.05) is 46.3 Å². The van der Waals surface area contributed by atoms with Crippen molar-refractivity contribution in [2.45, 2.75) is 44.9 Å². The van der Waals surface area contributed by atoms with E-state index in [1.54, 1.807) is 49.4 Å². The van der Waals surface area contributed by atoms with E-state index in [9.17, 15) is 14.8 Å². The van der Waals surface area contributed by atoms with Gasteiger partial charge in [0.1, 0.15) is 12.1 Å². The first-order valence-electron chi connectivity index (χ1n) is 14.6. The maximum atomic E-state index is 15.3. The SMILES string of the molecule is CCC(=O)Nc1ccc2c(c1)NC(=O)CCCCC(c1ccc(-c3cc(Cl)ccc3-n3cnnn3)c[n+]1[O-])c1cc(F)cc-2c1. The highest BCUT2D eigenvalue weighted by atomic mass is 35.5. The van der Waals surface area contributed by atoms with Crippen LogP contribution in [-0.4, -0.2) is 32.0 Å². The van der Waals surface area contributed by atoms with E-state index in [-0.39, 0.29) is 18.2 Å². The third kappa shape index (κ3) is 6.53. The summed E-state index contributed by atoms with van der Waals surface area (Å²) in [7, 11) is 0. The molecule has 2 amide bonds. The van der Waals surface area contributed by atoms with Crippen LogP contribution in [0.15, 0.2) is 79.3 Å². The number of rotatable bonds is 5. The Morgan fingerprint density at radius 2 is 1.96 bits per heavy atom. The topological polar surface area (TPSA) is 129 Å². The highest BCUT2D eigenvalue weighted by Crippen LogP contribution is 2.37. The number of nitrogens with zero attached hydrogens (tertiary/aromatic N) is 5. The number of carbonyl (C=O) groups is 2. The van der Waals surface area contributed by atoms with Crippen LogP contribution in [-0.2, 0) is 9.59 Å². The molecule has 0 radical (unpaired) electrons. The van der Waals surface area contributed by atoms with Gasteiger partial charge in [-0.3, -0.25) is 9.59 Å². The maximum absolute atomic E-state index is 15.3. The van der Waals surface area contributed by atoms with Gasteiger partial charge in [-0.1, -0.05) is 37.1 Å². The smallest absolute Gasteiger partial charge is 0.224 e. The fourth-order valence-corrected chi connectivity index (χ4v) is 5.83. The first-order valence-corrected chi connectivity index (χ1v) is 15.0. The van der Waals surface area contributed by atoms with Gasteiger partial charge >= 0.3 is 0 Å². The number of hydrogen-bond donors (Lipinski definition) is 2. The van der Waals surface area contributed by atoms with Crippen molar-refractivity contribution < 1.29 is 18.7 Å². The van der Waals surface area contributed by atoms with Gasteiger partial charge in [0.25, 0.3) is 0 Å². The highest BCUT2D eigenvalue weighted by Gasteiger charge is 2.26. The summed E-state index contributed by atoms with van der Waals surface area (Å²) in [5, 5.41) is 31.3. The second-order valence-corrected chi connectivity index (χ2v) is 11.3. The predicted octanol–water partition coefficient (Wildman–Crippen LogP) is 6.42. The molecule has 0 aliphatic carbocycles. The van der Waals surface area contributed by atoms with Crippen molar-refractivity contribution in [1.82, 2.24) is 20.2 Å². The summed E-state index contributed by atoms with van der Waals surface area (Å²) in [6.45, 7) is 1.75. The van der Waals surface area contributed by atoms with Crippen LogP contribution in [0.3, 0.4) is 0 Å². The van der Waals surface area contributed by atoms with Crippen molar-refractivity contribution in [2.24, 2.45) is 0 Å². The molecule has 1 unspecified atom stereocenters. The second kappa shape index (κ2) is 12.8. The molecule has 2 N–H and O–H groups in total. The minimum Gasteiger partial charge on any atom is -0.618 e. The zero-order valence-electron chi connectivity index (χ0n) is 24.3. The normalized spacial score (nSPS) is 14.9. The number of pyridine rings is 1. The number of hydrogen-bond acceptors (Lipinski definition) is 6. The summed E-state index contributed by atoms with van der Waals surface area (Å²) in [6.07, 6.45) is 5.23. The number of fused-ring (bicyclic) bond motifs is 4. The molecule has 12 heteroatoms. The van der Waals surface area contributed by atoms with Crippen LogP contribution in [0.1, 0.15) is 56.2 Å². The zero-order valence-corrected chi connectivity index (χ0v) is 25.1. The van der Waals surface area contributed by atoms with Crippen molar-refractivity contribution in [3.05, 3.63) is 107 Å². The Morgan fingerprint density at radius 1 is 1.09 bits per heavy atom. The van der Waals surface area contributed by atoms with Crippen molar-refractivity contribution in [3.8, 4) is 27.9 Å². The van der Waals surface area contributed by atoms with E-state index in [0.29, 0.717) is 81.3 Å². The van der Waals surface area contributed by atoms with Crippen molar-refractivity contribution in [3.63, 3.8) is 0 Å². The minimum absolute atomic E-state index is 0.163. The minimum atomic E-state index is -0.468. The second-order valence-electron chi connectivity index (χ2n) is 10.9. The number of tetrazole rings is 1. The molecule has 1 aliphatic rings. The zero-order chi connectivity index (χ0) is 31.5. The molecular formula is C33H29ClFN7O3. The molecule has 2 aromatic heterocycles. The summed E-state index contributed by atoms with van der Waals surface area (Å²) in [4.78, 5) is 24.9. The molecule has 45 heavy (non-hydrogen) atoms. The van der Waals surface area contributed by atoms with E-state index >= 15 is 4.39 Å². The van der Waals surface area contributed by atoms with Gasteiger partial charge in [-0.05, 0) is 82.9 Å². The average Bonchev–Trinajstić information content (AvgIpc) is 3.56. The van der Waals surface area contributed by atoms with Gasteiger partial charge in [0.15, 0.2) is 11.9 Å². The molecule has 228 valence electrons. The van der Waals surface area contributed by atoms with Crippen LogP contribution in [0.25, 0.3) is 27.9 Å². The van der Waals surface area contributed by atoms with E-state index in [2.05, 4.69) is 26.2 Å². The Hall–Kier alpha value is -5.16. The third-order valence-electron chi connectivity index (χ3n) is 7.85. The van der Waals surface area contributed by atoms with Crippen LogP contribution in [0.5, 0.6) is 0 Å². The fraction of sp³-hybridized carbons (Fsp3) is 0.212. The number of carbonyl (C=O) groups excluding carboxylic acids is 2. The summed E-state index contributed by atoms with van der Waals surface area (Å²) >= 11 is 6.32. The molecule has 0 spiro atoms. The summed E-state index contributed by atoms with van der Waals surface area (Å²) < 4.78 is 17.6. The maximum Gasteiger partial charge on any atom is 0.224 e. The Balaban J connectivity index is 1.42. The van der Waals surface area contributed by atoms with Crippen molar-refractivity contribution >= 4 is 34.8 Å². The molecule has 0 fully saturated rings. The van der Waals surface area contributed by atoms with Crippen LogP contribution in [0.4, 0.5) is 15.8 Å². The van der Waals surface area contributed by atoms with E-state index < -0.39 is 11.7 Å². The molecule has 0 saturated heterocycles. The Kier molecular flexibility index (Phi) is 8.52. The lowest BCUT2D eigenvalue weighted by Crippen LogP contribution is -2.33. The van der Waals surface area contributed by atoms with E-state index in [4.69, 9.17) is 11.6 Å². The van der Waals surface area contributed by atoms with Gasteiger partial charge in [-0.2, -0.15) is 9.41 Å². The summed E-state index contributed by atoms with van der Waals surface area (Å²) in [6, 6.07) is 18.7. The Morgan fingerprint density at radius 3 is 2.73 bits per heavy atom. The Labute approximate surface area is 263 Å². The standard InChI is InChI=1S/C33H29ClFN7O3/c1-2-32(43)37-25-9-10-26-21-13-22(15-24(35)14-21)27(5-3-4-6-33(44)38-29(26)17-25)31-11-7-20(18-42(31)45)28-16-23(34)8-12-30(28)41-19-36-39-40-41/h7-19,27H,2-6H2,1H3,(H,37,43)(H,38,44). The number of amides is 2. The van der Waals surface area contributed by atoms with Crippen LogP contribution < -0.4 is 15.4 Å². The fourth-order valence-electron chi connectivity index (χ4n) is 5.66. The molecule has 0 saturated carbocycles. The summed E-state index contributed by atoms with van der Waals surface area (Å²) in [5.41, 5.74) is 5.12. The average molecular weight is 626 g/mol. The third-order valence-corrected chi connectivity index (χ3v) is 8.08. The lowest BCUT2D eigenvalue weighted by molar-refractivity contribution is -0.614. The molecule has 1 atom stereocenters. The largest absolute Gasteiger partial charge is 0.618 e. The molecule has 3 aromatic carbocycles. The van der Waals surface area contributed by atoms with Gasteiger partial charge in [0.2, 0.25) is 11.8 Å². The van der Waals surface area contributed by atoms with Gasteiger partial charge in [-0.25, -0.2) is 4.39 Å². The first-order chi connectivity index (χ1) is 21.8. The Bertz CT molecular complexity index is 1900. The first kappa shape index (κ1) is 29.9. The number of anilines is 2. The van der Waals surface area contributed by atoms with Gasteiger partial charge < -0.3 is 15.8 Å². The van der Waals surface area contributed by atoms with E-state index in [1.165, 1.54) is 29.3 Å². The predicted molar refractivity (Wildman–Crippen MR) is 168 cm³/mol. The van der Waals surface area contributed by atoms with E-state index in [1.807, 2.05) is 12.1 Å². The van der Waals surface area contributed by atoms with Gasteiger partial charge in [-0.15, -0.1) is 5.10 Å². The summed E-state index contributed by atoms with van der Waals surface area (Å²) in [5.74, 6) is -1.26. The number of aromatic nitrogens is 5. The molecular weight excluding hydrogens is 597 g/mol. The van der Waals surface area contributed by atoms with Crippen LogP contribution >= 0.6 is 11.6 Å². The lowest BCUT2D eigenvalue weighted by atomic mass is 9.87. The van der Waals surface area contributed by atoms with Crippen molar-refractivity contribution in [2.75, 3.05) is 10.6 Å². The van der Waals surface area contributed by atoms with Crippen molar-refractivity contribution in [1.29, 1.82) is 0 Å². The number of halogens is 2. The molecule has 10 nitrogen and oxygen atoms in total. The number of benzene rings is 3. The number of nitrogens with one attached hydrogen (secondary N) is 2. The van der Waals surface area contributed by atoms with Crippen LogP contribution in [0, 0.1) is 11.0 Å². The molecule has 5 aromatic rings.